The molecule has 1 fully saturated rings. The van der Waals surface area contributed by atoms with Crippen molar-refractivity contribution in [2.75, 3.05) is 0 Å². The van der Waals surface area contributed by atoms with Crippen LogP contribution in [0.4, 0.5) is 0 Å². The monoisotopic (exact) mass is 812 g/mol. The van der Waals surface area contributed by atoms with Crippen molar-refractivity contribution in [3.05, 3.63) is 22.3 Å². The van der Waals surface area contributed by atoms with E-state index in [1.54, 1.807) is 151 Å². The lowest BCUT2D eigenvalue weighted by atomic mass is 9.54. The highest BCUT2D eigenvalue weighted by atomic mass is 35.5. The number of benzene rings is 18. The molecule has 28 aromatic rings. The minimum absolute atomic E-state index is 0.221. The van der Waals surface area contributed by atoms with Crippen LogP contribution < -0.4 is 0 Å². The van der Waals surface area contributed by atoms with Crippen LogP contribution in [0.15, 0.2) is 0 Å². The zero-order chi connectivity index (χ0) is 38.3. The van der Waals surface area contributed by atoms with Gasteiger partial charge in [0.1, 0.15) is 5.38 Å². The van der Waals surface area contributed by atoms with Gasteiger partial charge < -0.3 is 4.74 Å². The van der Waals surface area contributed by atoms with Crippen LogP contribution in [0.1, 0.15) is 22.3 Å². The minimum Gasteiger partial charge on any atom is -0.447 e. The summed E-state index contributed by atoms with van der Waals surface area (Å²) in [6.45, 7) is 0. The van der Waals surface area contributed by atoms with Crippen molar-refractivity contribution < 1.29 is 9.53 Å². The van der Waals surface area contributed by atoms with Crippen LogP contribution in [0, 0.1) is 0 Å². The molecule has 1 unspecified atom stereocenters. The second-order valence-electron chi connectivity index (χ2n) is 24.0. The van der Waals surface area contributed by atoms with Crippen molar-refractivity contribution in [3.8, 4) is 0 Å². The molecule has 268 valence electrons. The predicted octanol–water partition coefficient (Wildman–Crippen LogP) is 16.4. The van der Waals surface area contributed by atoms with Crippen molar-refractivity contribution in [2.45, 2.75) is 16.4 Å². The average Bonchev–Trinajstić information content (AvgIpc) is 4.15. The Morgan fingerprint density at radius 3 is 0.538 bits per heavy atom. The molecule has 0 radical (unpaired) electrons. The van der Waals surface area contributed by atoms with E-state index in [0.29, 0.717) is 0 Å². The maximum absolute atomic E-state index is 15.5. The summed E-state index contributed by atoms with van der Waals surface area (Å²) in [5.74, 6) is -0.221. The standard InChI is InChI=1S/C62HClO2/c63-59-60(64)65-62-57-51-45-35-23-15-7-3-1-2-5-9(7)17(23)27-21-13(5)14-6(2)10-8-4(1)12-11(3)19-25(15)33-39-29(19)30-20(12)26-16(8)24-18(10)28-22(14)32-31(21)43(37(27)45)53(57)54-44(32)38(28)46-36(24)42-34(26)40(30)48-47(39)55(49(51)41(33)35)61(59,62)56(48)50(42)52(46)58(54)62/h59H. The molecule has 0 bridgehead atoms. The number of ether oxygens (including phenoxy) is 1. The van der Waals surface area contributed by atoms with Gasteiger partial charge in [-0.15, -0.1) is 11.6 Å². The molecule has 2 spiro atoms. The highest BCUT2D eigenvalue weighted by Crippen LogP contribution is 2.86. The maximum Gasteiger partial charge on any atom is 0.326 e. The first kappa shape index (κ1) is 23.2. The first-order chi connectivity index (χ1) is 32.3. The summed E-state index contributed by atoms with van der Waals surface area (Å²) in [7, 11) is 0. The number of carbonyl (C=O) groups excluding carboxylic acids is 1. The molecule has 0 saturated carbocycles. The van der Waals surface area contributed by atoms with E-state index < -0.39 is 16.4 Å². The Balaban J connectivity index is 1.28. The van der Waals surface area contributed by atoms with E-state index in [-0.39, 0.29) is 5.97 Å². The lowest BCUT2D eigenvalue weighted by Gasteiger charge is -2.48. The van der Waals surface area contributed by atoms with Crippen molar-refractivity contribution in [1.82, 2.24) is 0 Å². The van der Waals surface area contributed by atoms with Crippen molar-refractivity contribution in [3.63, 3.8) is 0 Å². The molecule has 0 N–H and O–H groups in total. The molecule has 1 aliphatic heterocycles. The number of rotatable bonds is 0. The molecule has 33 rings (SSSR count). The Bertz CT molecular complexity index is 6880. The van der Waals surface area contributed by atoms with Gasteiger partial charge in [-0.2, -0.15) is 0 Å². The summed E-state index contributed by atoms with van der Waals surface area (Å²) in [4.78, 5) is 15.5. The zero-order valence-electron chi connectivity index (χ0n) is 32.3. The highest BCUT2D eigenvalue weighted by Gasteiger charge is 2.78. The summed E-state index contributed by atoms with van der Waals surface area (Å²) >= 11 is 8.32. The van der Waals surface area contributed by atoms with Gasteiger partial charge in [0.2, 0.25) is 0 Å². The Morgan fingerprint density at radius 1 is 0.231 bits per heavy atom. The molecule has 65 heavy (non-hydrogen) atoms. The summed E-state index contributed by atoms with van der Waals surface area (Å²) in [5.41, 5.74) is 3.48. The fourth-order valence-corrected chi connectivity index (χ4v) is 24.6. The van der Waals surface area contributed by atoms with Crippen molar-refractivity contribution >= 4 is 308 Å². The molecule has 0 aromatic heterocycles. The molecule has 1 atom stereocenters. The number of hydrogen-bond acceptors (Lipinski definition) is 2. The van der Waals surface area contributed by atoms with Crippen LogP contribution in [-0.2, 0) is 20.5 Å². The van der Waals surface area contributed by atoms with Crippen molar-refractivity contribution in [2.24, 2.45) is 0 Å². The molecule has 3 heteroatoms. The van der Waals surface area contributed by atoms with Crippen LogP contribution in [0.5, 0.6) is 0 Å². The summed E-state index contributed by atoms with van der Waals surface area (Å²) < 4.78 is 7.69. The van der Waals surface area contributed by atoms with Gasteiger partial charge in [-0.05, 0) is 302 Å². The van der Waals surface area contributed by atoms with E-state index in [2.05, 4.69) is 0 Å². The third-order valence-electron chi connectivity index (χ3n) is 24.1. The summed E-state index contributed by atoms with van der Waals surface area (Å²) in [5, 5.41) is 82.0. The molecule has 4 aliphatic carbocycles. The smallest absolute Gasteiger partial charge is 0.326 e. The summed E-state index contributed by atoms with van der Waals surface area (Å²) in [6.07, 6.45) is 0. The summed E-state index contributed by atoms with van der Waals surface area (Å²) in [6, 6.07) is 0. The van der Waals surface area contributed by atoms with Crippen LogP contribution in [0.2, 0.25) is 0 Å². The van der Waals surface area contributed by atoms with E-state index in [9.17, 15) is 0 Å². The predicted molar refractivity (Wildman–Crippen MR) is 270 cm³/mol. The third kappa shape index (κ3) is 1.14. The Morgan fingerprint density at radius 2 is 0.369 bits per heavy atom. The molecule has 5 aliphatic rings. The number of hydrogen-bond donors (Lipinski definition) is 0. The average molecular weight is 813 g/mol. The maximum atomic E-state index is 15.5. The van der Waals surface area contributed by atoms with E-state index in [1.165, 1.54) is 162 Å². The van der Waals surface area contributed by atoms with Gasteiger partial charge in [0.05, 0.1) is 5.41 Å². The van der Waals surface area contributed by atoms with Crippen LogP contribution in [0.25, 0.3) is 291 Å². The second-order valence-corrected chi connectivity index (χ2v) is 24.5. The molecular formula is C62HClO2. The largest absolute Gasteiger partial charge is 0.447 e. The van der Waals surface area contributed by atoms with Gasteiger partial charge in [0.25, 0.3) is 0 Å². The van der Waals surface area contributed by atoms with Gasteiger partial charge in [0, 0.05) is 11.1 Å². The molecule has 1 heterocycles. The van der Waals surface area contributed by atoms with E-state index in [1.807, 2.05) is 0 Å². The molecule has 0 amide bonds. The fraction of sp³-hybridized carbons (Fsp3) is 0.0484. The van der Waals surface area contributed by atoms with Crippen LogP contribution in [0.3, 0.4) is 0 Å². The van der Waals surface area contributed by atoms with Gasteiger partial charge in [-0.3, -0.25) is 4.79 Å². The van der Waals surface area contributed by atoms with Gasteiger partial charge >= 0.3 is 5.97 Å². The first-order valence-corrected chi connectivity index (χ1v) is 24.3. The normalized spacial score (nSPS) is 24.5. The molecule has 28 aromatic carbocycles. The first-order valence-electron chi connectivity index (χ1n) is 23.9. The van der Waals surface area contributed by atoms with E-state index in [4.69, 9.17) is 16.3 Å². The lowest BCUT2D eigenvalue weighted by Crippen LogP contribution is -2.52. The topological polar surface area (TPSA) is 26.3 Å². The third-order valence-corrected chi connectivity index (χ3v) is 24.6. The molecule has 1 saturated heterocycles. The zero-order valence-corrected chi connectivity index (χ0v) is 33.0. The molecular weight excluding hydrogens is 812 g/mol. The lowest BCUT2D eigenvalue weighted by molar-refractivity contribution is -0.146. The Kier molecular flexibility index (Phi) is 1.79. The van der Waals surface area contributed by atoms with Crippen molar-refractivity contribution in [1.29, 1.82) is 0 Å². The molecule has 2 nitrogen and oxygen atoms in total. The minimum atomic E-state index is -1.04. The van der Waals surface area contributed by atoms with Crippen LogP contribution in [-0.4, -0.2) is 11.3 Å². The second kappa shape index (κ2) is 5.00. The van der Waals surface area contributed by atoms with Gasteiger partial charge in [-0.25, -0.2) is 0 Å². The number of alkyl halides is 1. The fourth-order valence-electron chi connectivity index (χ4n) is 24.2. The quantitative estimate of drug-likeness (QED) is 0.0866. The van der Waals surface area contributed by atoms with Gasteiger partial charge in [-0.1, -0.05) is 0 Å². The Hall–Kier alpha value is -7.78. The van der Waals surface area contributed by atoms with E-state index >= 15 is 4.79 Å². The SMILES string of the molecule is O=C1OC23c4c5c6c7c8c9c(c%10c%11c2c2c4c4c%12c5c5c6c6c8c8c%13c9c9c%10c%10c%11c%11c2c2c4c4c%12c%12c5c5c6c8c6c8c%13c9c9c%10c%10c%11c2c2c4c4c%12c5c6c5c8c9c%10c2c45)C73C1Cl. The van der Waals surface area contributed by atoms with Crippen LogP contribution >= 0.6 is 11.6 Å². The highest BCUT2D eigenvalue weighted by molar-refractivity contribution is 6.82. The number of esters is 1. The number of halogens is 1. The van der Waals surface area contributed by atoms with E-state index in [0.717, 1.165) is 0 Å². The number of carbonyl (C=O) groups is 1. The van der Waals surface area contributed by atoms with Gasteiger partial charge in [0.15, 0.2) is 5.60 Å². The Labute approximate surface area is 354 Å².